The van der Waals surface area contributed by atoms with Crippen LogP contribution in [-0.4, -0.2) is 30.6 Å². The van der Waals surface area contributed by atoms with Gasteiger partial charge in [0.15, 0.2) is 0 Å². The summed E-state index contributed by atoms with van der Waals surface area (Å²) in [7, 11) is 0. The SMILES string of the molecule is c1csc(C(C2CC2)N2CCC(C3CCCN3)CC2)c1. The molecular weight excluding hydrogens is 264 g/mol. The van der Waals surface area contributed by atoms with E-state index in [1.165, 1.54) is 58.2 Å². The summed E-state index contributed by atoms with van der Waals surface area (Å²) in [6.45, 7) is 3.90. The lowest BCUT2D eigenvalue weighted by Gasteiger charge is -2.39. The van der Waals surface area contributed by atoms with Crippen LogP contribution < -0.4 is 5.32 Å². The van der Waals surface area contributed by atoms with Gasteiger partial charge in [0.1, 0.15) is 0 Å². The minimum Gasteiger partial charge on any atom is -0.314 e. The molecule has 0 bridgehead atoms. The summed E-state index contributed by atoms with van der Waals surface area (Å²) in [4.78, 5) is 4.42. The van der Waals surface area contributed by atoms with E-state index in [1.807, 2.05) is 11.3 Å². The van der Waals surface area contributed by atoms with Gasteiger partial charge in [0.25, 0.3) is 0 Å². The highest BCUT2D eigenvalue weighted by Gasteiger charge is 2.39. The summed E-state index contributed by atoms with van der Waals surface area (Å²) in [6.07, 6.45) is 8.53. The molecule has 110 valence electrons. The van der Waals surface area contributed by atoms with E-state index >= 15 is 0 Å². The maximum Gasteiger partial charge on any atom is 0.0469 e. The lowest BCUT2D eigenvalue weighted by atomic mass is 9.87. The van der Waals surface area contributed by atoms with Crippen LogP contribution in [0.25, 0.3) is 0 Å². The summed E-state index contributed by atoms with van der Waals surface area (Å²) in [5.41, 5.74) is 0. The molecule has 2 saturated heterocycles. The molecule has 1 aliphatic carbocycles. The van der Waals surface area contributed by atoms with Crippen molar-refractivity contribution in [1.82, 2.24) is 10.2 Å². The Bertz CT molecular complexity index is 412. The van der Waals surface area contributed by atoms with Gasteiger partial charge in [0, 0.05) is 17.0 Å². The molecule has 3 heteroatoms. The summed E-state index contributed by atoms with van der Waals surface area (Å²) in [5.74, 6) is 1.90. The molecule has 4 rings (SSSR count). The monoisotopic (exact) mass is 290 g/mol. The molecule has 1 N–H and O–H groups in total. The number of nitrogens with one attached hydrogen (secondary N) is 1. The molecular formula is C17H26N2S. The molecule has 2 unspecified atom stereocenters. The number of likely N-dealkylation sites (tertiary alicyclic amines) is 1. The predicted molar refractivity (Wildman–Crippen MR) is 85.1 cm³/mol. The number of piperidine rings is 1. The highest BCUT2D eigenvalue weighted by Crippen LogP contribution is 2.47. The van der Waals surface area contributed by atoms with Crippen molar-refractivity contribution in [2.45, 2.75) is 50.6 Å². The van der Waals surface area contributed by atoms with Crippen molar-refractivity contribution < 1.29 is 0 Å². The van der Waals surface area contributed by atoms with Crippen LogP contribution in [0.3, 0.4) is 0 Å². The Labute approximate surface area is 126 Å². The highest BCUT2D eigenvalue weighted by atomic mass is 32.1. The zero-order valence-electron chi connectivity index (χ0n) is 12.3. The van der Waals surface area contributed by atoms with Gasteiger partial charge in [-0.1, -0.05) is 6.07 Å². The number of hydrogen-bond donors (Lipinski definition) is 1. The molecule has 0 radical (unpaired) electrons. The standard InChI is InChI=1S/C17H26N2S/c1-3-15(18-9-1)13-7-10-19(11-8-13)17(14-5-6-14)16-4-2-12-20-16/h2,4,12-15,17-18H,1,3,5-11H2. The van der Waals surface area contributed by atoms with Crippen molar-refractivity contribution in [3.8, 4) is 0 Å². The molecule has 3 fully saturated rings. The van der Waals surface area contributed by atoms with E-state index in [0.29, 0.717) is 0 Å². The molecule has 20 heavy (non-hydrogen) atoms. The Balaban J connectivity index is 1.39. The first kappa shape index (κ1) is 13.3. The third-order valence-electron chi connectivity index (χ3n) is 5.54. The molecule has 1 aromatic heterocycles. The summed E-state index contributed by atoms with van der Waals surface area (Å²) in [5, 5.41) is 5.97. The Morgan fingerprint density at radius 1 is 1.15 bits per heavy atom. The normalized spacial score (nSPS) is 30.7. The second-order valence-electron chi connectivity index (χ2n) is 6.87. The van der Waals surface area contributed by atoms with Gasteiger partial charge in [-0.15, -0.1) is 11.3 Å². The fraction of sp³-hybridized carbons (Fsp3) is 0.765. The number of thiophene rings is 1. The quantitative estimate of drug-likeness (QED) is 0.910. The van der Waals surface area contributed by atoms with E-state index in [0.717, 1.165) is 23.9 Å². The van der Waals surface area contributed by atoms with Gasteiger partial charge in [-0.05, 0) is 81.4 Å². The van der Waals surface area contributed by atoms with Crippen molar-refractivity contribution in [3.63, 3.8) is 0 Å². The lowest BCUT2D eigenvalue weighted by Crippen LogP contribution is -2.42. The second kappa shape index (κ2) is 5.78. The fourth-order valence-corrected chi connectivity index (χ4v) is 5.25. The molecule has 0 amide bonds. The topological polar surface area (TPSA) is 15.3 Å². The fourth-order valence-electron chi connectivity index (χ4n) is 4.30. The van der Waals surface area contributed by atoms with Crippen molar-refractivity contribution in [2.24, 2.45) is 11.8 Å². The van der Waals surface area contributed by atoms with Gasteiger partial charge in [0.2, 0.25) is 0 Å². The van der Waals surface area contributed by atoms with Gasteiger partial charge in [-0.3, -0.25) is 4.90 Å². The van der Waals surface area contributed by atoms with Gasteiger partial charge >= 0.3 is 0 Å². The molecule has 2 atom stereocenters. The Hall–Kier alpha value is -0.380. The third kappa shape index (κ3) is 2.68. The van der Waals surface area contributed by atoms with Crippen molar-refractivity contribution in [2.75, 3.05) is 19.6 Å². The van der Waals surface area contributed by atoms with Crippen LogP contribution in [0.4, 0.5) is 0 Å². The van der Waals surface area contributed by atoms with Crippen LogP contribution in [0.2, 0.25) is 0 Å². The number of nitrogens with zero attached hydrogens (tertiary/aromatic N) is 1. The summed E-state index contributed by atoms with van der Waals surface area (Å²) < 4.78 is 0. The average Bonchev–Trinajstić information content (AvgIpc) is 2.97. The van der Waals surface area contributed by atoms with Crippen LogP contribution in [0.5, 0.6) is 0 Å². The number of hydrogen-bond acceptors (Lipinski definition) is 3. The first-order valence-corrected chi connectivity index (χ1v) is 9.30. The van der Waals surface area contributed by atoms with E-state index in [1.54, 1.807) is 4.88 Å². The maximum absolute atomic E-state index is 3.72. The van der Waals surface area contributed by atoms with Crippen LogP contribution in [0, 0.1) is 11.8 Å². The van der Waals surface area contributed by atoms with E-state index in [9.17, 15) is 0 Å². The van der Waals surface area contributed by atoms with Crippen molar-refractivity contribution >= 4 is 11.3 Å². The van der Waals surface area contributed by atoms with Gasteiger partial charge < -0.3 is 5.32 Å². The second-order valence-corrected chi connectivity index (χ2v) is 7.85. The zero-order chi connectivity index (χ0) is 13.4. The molecule has 2 aliphatic heterocycles. The molecule has 0 spiro atoms. The molecule has 0 aromatic carbocycles. The predicted octanol–water partition coefficient (Wildman–Crippen LogP) is 3.66. The maximum atomic E-state index is 3.72. The molecule has 3 heterocycles. The first-order chi connectivity index (χ1) is 9.92. The Morgan fingerprint density at radius 2 is 2.00 bits per heavy atom. The largest absolute Gasteiger partial charge is 0.314 e. The number of rotatable bonds is 4. The van der Waals surface area contributed by atoms with E-state index < -0.39 is 0 Å². The summed E-state index contributed by atoms with van der Waals surface area (Å²) >= 11 is 1.97. The van der Waals surface area contributed by atoms with E-state index in [-0.39, 0.29) is 0 Å². The van der Waals surface area contributed by atoms with Crippen LogP contribution in [-0.2, 0) is 0 Å². The highest BCUT2D eigenvalue weighted by molar-refractivity contribution is 7.10. The Morgan fingerprint density at radius 3 is 2.60 bits per heavy atom. The molecule has 2 nitrogen and oxygen atoms in total. The van der Waals surface area contributed by atoms with Crippen LogP contribution in [0.1, 0.15) is 49.4 Å². The van der Waals surface area contributed by atoms with E-state index in [4.69, 9.17) is 0 Å². The lowest BCUT2D eigenvalue weighted by molar-refractivity contribution is 0.109. The Kier molecular flexibility index (Phi) is 3.84. The van der Waals surface area contributed by atoms with E-state index in [2.05, 4.69) is 27.7 Å². The first-order valence-electron chi connectivity index (χ1n) is 8.42. The van der Waals surface area contributed by atoms with Gasteiger partial charge in [-0.2, -0.15) is 0 Å². The summed E-state index contributed by atoms with van der Waals surface area (Å²) in [6, 6.07) is 6.16. The van der Waals surface area contributed by atoms with Crippen molar-refractivity contribution in [1.29, 1.82) is 0 Å². The minimum absolute atomic E-state index is 0.743. The molecule has 1 aromatic rings. The minimum atomic E-state index is 0.743. The van der Waals surface area contributed by atoms with Gasteiger partial charge in [-0.25, -0.2) is 0 Å². The third-order valence-corrected chi connectivity index (χ3v) is 6.48. The van der Waals surface area contributed by atoms with Gasteiger partial charge in [0.05, 0.1) is 0 Å². The van der Waals surface area contributed by atoms with Crippen LogP contribution >= 0.6 is 11.3 Å². The molecule has 1 saturated carbocycles. The van der Waals surface area contributed by atoms with Crippen LogP contribution in [0.15, 0.2) is 17.5 Å². The van der Waals surface area contributed by atoms with Crippen molar-refractivity contribution in [3.05, 3.63) is 22.4 Å². The smallest absolute Gasteiger partial charge is 0.0469 e. The average molecular weight is 290 g/mol. The zero-order valence-corrected chi connectivity index (χ0v) is 13.1. The molecule has 3 aliphatic rings.